The van der Waals surface area contributed by atoms with Crippen LogP contribution in [-0.4, -0.2) is 114 Å². The number of aryl methyl sites for hydroxylation is 1. The number of ether oxygens (including phenoxy) is 2. The number of hydrogen-bond acceptors (Lipinski definition) is 11. The van der Waals surface area contributed by atoms with Crippen LogP contribution in [0.1, 0.15) is 116 Å². The molecule has 4 saturated heterocycles. The summed E-state index contributed by atoms with van der Waals surface area (Å²) >= 11 is 0. The van der Waals surface area contributed by atoms with Gasteiger partial charge in [0.1, 0.15) is 11.4 Å². The molecule has 1 aromatic carbocycles. The van der Waals surface area contributed by atoms with Gasteiger partial charge >= 0.3 is 0 Å². The molecule has 2 bridgehead atoms. The Hall–Kier alpha value is -5.33. The Balaban J connectivity index is 0.635. The molecule has 1 unspecified atom stereocenters. The summed E-state index contributed by atoms with van der Waals surface area (Å²) in [7, 11) is 1.91. The van der Waals surface area contributed by atoms with E-state index in [9.17, 15) is 23.2 Å². The van der Waals surface area contributed by atoms with Crippen molar-refractivity contribution >= 4 is 45.8 Å². The minimum atomic E-state index is -2.84. The first-order valence-electron chi connectivity index (χ1n) is 23.1. The monoisotopic (exact) mass is 879 g/mol. The van der Waals surface area contributed by atoms with E-state index in [0.29, 0.717) is 43.0 Å². The molecular weight excluding hydrogens is 825 g/mol. The fourth-order valence-electron chi connectivity index (χ4n) is 11.7. The van der Waals surface area contributed by atoms with E-state index in [4.69, 9.17) is 19.6 Å². The summed E-state index contributed by atoms with van der Waals surface area (Å²) in [6, 6.07) is 8.25. The van der Waals surface area contributed by atoms with Crippen molar-refractivity contribution in [2.45, 2.75) is 114 Å². The molecule has 6 aliphatic rings. The van der Waals surface area contributed by atoms with Gasteiger partial charge in [0, 0.05) is 44.3 Å². The smallest absolute Gasteiger partial charge is 0.284 e. The molecule has 2 saturated carbocycles. The lowest BCUT2D eigenvalue weighted by Crippen LogP contribution is -2.50. The van der Waals surface area contributed by atoms with Gasteiger partial charge in [0.2, 0.25) is 11.8 Å². The third-order valence-electron chi connectivity index (χ3n) is 15.2. The fraction of sp³-hybridized carbons (Fsp3) is 0.587. The molecule has 1 spiro atoms. The lowest BCUT2D eigenvalue weighted by Gasteiger charge is -2.52. The van der Waals surface area contributed by atoms with Gasteiger partial charge < -0.3 is 24.6 Å². The van der Waals surface area contributed by atoms with Crippen LogP contribution in [0.2, 0.25) is 0 Å². The number of nitrogens with zero attached hydrogens (tertiary/aromatic N) is 9. The third kappa shape index (κ3) is 7.74. The van der Waals surface area contributed by atoms with Crippen molar-refractivity contribution in [3.05, 3.63) is 65.4 Å². The molecule has 3 atom stereocenters. The van der Waals surface area contributed by atoms with Crippen LogP contribution in [0, 0.1) is 11.3 Å². The van der Waals surface area contributed by atoms with Gasteiger partial charge in [0.15, 0.2) is 11.3 Å². The number of likely N-dealkylation sites (tertiary alicyclic amines) is 1. The molecule has 6 fully saturated rings. The molecule has 2 aliphatic carbocycles. The van der Waals surface area contributed by atoms with E-state index in [1.807, 2.05) is 29.9 Å². The highest BCUT2D eigenvalue weighted by Gasteiger charge is 2.46. The highest BCUT2D eigenvalue weighted by atomic mass is 19.3. The van der Waals surface area contributed by atoms with Gasteiger partial charge in [-0.1, -0.05) is 18.2 Å². The van der Waals surface area contributed by atoms with Crippen molar-refractivity contribution in [2.75, 3.05) is 49.6 Å². The molecule has 2 N–H and O–H groups in total. The van der Waals surface area contributed by atoms with Gasteiger partial charge in [0.05, 0.1) is 66.5 Å². The van der Waals surface area contributed by atoms with Gasteiger partial charge in [-0.2, -0.15) is 15.3 Å². The summed E-state index contributed by atoms with van der Waals surface area (Å²) < 4.78 is 45.8. The maximum absolute atomic E-state index is 14.3. The first kappa shape index (κ1) is 41.4. The van der Waals surface area contributed by atoms with Crippen molar-refractivity contribution < 1.29 is 32.6 Å². The maximum Gasteiger partial charge on any atom is 0.284 e. The number of carbonyl (C=O) groups excluding carboxylic acids is 3. The number of carbonyl (C=O) groups is 3. The number of rotatable bonds is 12. The molecule has 4 aliphatic heterocycles. The number of anilines is 2. The number of alkyl halides is 2. The quantitative estimate of drug-likeness (QED) is 0.147. The molecule has 338 valence electrons. The van der Waals surface area contributed by atoms with Crippen LogP contribution in [0.25, 0.3) is 16.6 Å². The van der Waals surface area contributed by atoms with Crippen LogP contribution in [0.5, 0.6) is 0 Å². The molecule has 0 radical (unpaired) electrons. The zero-order chi connectivity index (χ0) is 43.7. The van der Waals surface area contributed by atoms with Crippen LogP contribution in [0.15, 0.2) is 42.9 Å². The summed E-state index contributed by atoms with van der Waals surface area (Å²) in [6.07, 6.45) is 13.1. The number of fused-ring (bicyclic) bond motifs is 4. The number of imide groups is 1. The minimum Gasteiger partial charge on any atom is -0.378 e. The number of piperidine rings is 2. The Labute approximate surface area is 369 Å². The summed E-state index contributed by atoms with van der Waals surface area (Å²) in [4.78, 5) is 47.5. The van der Waals surface area contributed by atoms with E-state index in [-0.39, 0.29) is 47.4 Å². The standard InChI is InChI=1S/C46H55F2N11O5/c1-55-41-28(3-2-4-33(41)39(53-55)34-9-10-38(60)52-44(34)61)12-18-63-32-20-46(21-32)13-16-56(17-14-46)23-27-5-7-29(8-6-27)59-25-36(40(54-59)42(47)48)50-45(62)35-22-49-58-15-11-37(51-43(35)58)57-24-31-19-30(57)26-64-31/h2-4,11,15,22,25,27,29-32,34,42H,5-10,12-14,16-21,23-24,26H2,1H3,(H,50,62)(H,52,60,61)/t27?,29?,30-,31-,34?/m1/s1. The molecular formula is C46H55F2N11O5. The van der Waals surface area contributed by atoms with E-state index < -0.39 is 23.9 Å². The average molecular weight is 880 g/mol. The van der Waals surface area contributed by atoms with E-state index in [1.165, 1.54) is 23.6 Å². The van der Waals surface area contributed by atoms with E-state index in [0.717, 1.165) is 106 Å². The van der Waals surface area contributed by atoms with Crippen molar-refractivity contribution in [1.82, 2.24) is 44.4 Å². The summed E-state index contributed by atoms with van der Waals surface area (Å²) in [6.45, 7) is 5.25. The lowest BCUT2D eigenvalue weighted by molar-refractivity contribution is -0.134. The highest BCUT2D eigenvalue weighted by Crippen LogP contribution is 2.50. The molecule has 11 rings (SSSR count). The predicted octanol–water partition coefficient (Wildman–Crippen LogP) is 5.74. The molecule has 5 aromatic rings. The second-order valence-corrected chi connectivity index (χ2v) is 19.2. The Morgan fingerprint density at radius 2 is 1.89 bits per heavy atom. The van der Waals surface area contributed by atoms with E-state index in [2.05, 4.69) is 36.7 Å². The van der Waals surface area contributed by atoms with Crippen LogP contribution in [0.4, 0.5) is 20.3 Å². The number of morpholine rings is 1. The zero-order valence-electron chi connectivity index (χ0n) is 36.1. The summed E-state index contributed by atoms with van der Waals surface area (Å²) in [5.41, 5.74) is 3.42. The number of aromatic nitrogens is 7. The van der Waals surface area contributed by atoms with Crippen LogP contribution >= 0.6 is 0 Å². The van der Waals surface area contributed by atoms with Crippen molar-refractivity contribution in [3.63, 3.8) is 0 Å². The molecule has 3 amide bonds. The topological polar surface area (TPSA) is 166 Å². The largest absolute Gasteiger partial charge is 0.378 e. The lowest BCUT2D eigenvalue weighted by atomic mass is 9.61. The van der Waals surface area contributed by atoms with E-state index >= 15 is 0 Å². The normalized spacial score (nSPS) is 26.1. The van der Waals surface area contributed by atoms with Crippen molar-refractivity contribution in [1.29, 1.82) is 0 Å². The summed E-state index contributed by atoms with van der Waals surface area (Å²) in [5, 5.41) is 19.5. The highest BCUT2D eigenvalue weighted by molar-refractivity contribution is 6.08. The Morgan fingerprint density at radius 3 is 2.64 bits per heavy atom. The van der Waals surface area contributed by atoms with Gasteiger partial charge in [-0.15, -0.1) is 0 Å². The van der Waals surface area contributed by atoms with Crippen LogP contribution in [0.3, 0.4) is 0 Å². The van der Waals surface area contributed by atoms with Gasteiger partial charge in [-0.05, 0) is 107 Å². The predicted molar refractivity (Wildman–Crippen MR) is 231 cm³/mol. The first-order valence-corrected chi connectivity index (χ1v) is 23.1. The van der Waals surface area contributed by atoms with Gasteiger partial charge in [-0.25, -0.2) is 18.3 Å². The van der Waals surface area contributed by atoms with Crippen LogP contribution < -0.4 is 15.5 Å². The summed E-state index contributed by atoms with van der Waals surface area (Å²) in [5.74, 6) is -0.181. The molecule has 8 heterocycles. The second kappa shape index (κ2) is 16.6. The molecule has 16 nitrogen and oxygen atoms in total. The number of benzene rings is 1. The molecule has 18 heteroatoms. The first-order chi connectivity index (χ1) is 31.1. The fourth-order valence-corrected chi connectivity index (χ4v) is 11.7. The SMILES string of the molecule is Cn1nc(C2CCC(=O)NC2=O)c2cccc(CCOC3CC4(CCN(CC5CCC(n6cc(NC(=O)c7cnn8ccc(N9C[C@H]%10C[C@@H]9CO%10)nc78)c(C(F)F)n6)CC5)CC4)C3)c21. The van der Waals surface area contributed by atoms with Crippen molar-refractivity contribution in [2.24, 2.45) is 18.4 Å². The number of nitrogens with one attached hydrogen (secondary N) is 2. The molecule has 4 aromatic heterocycles. The van der Waals surface area contributed by atoms with Gasteiger partial charge in [0.25, 0.3) is 12.3 Å². The Kier molecular flexibility index (Phi) is 10.7. The average Bonchev–Trinajstić information content (AvgIpc) is 4.13. The molecule has 64 heavy (non-hydrogen) atoms. The maximum atomic E-state index is 14.3. The number of halogens is 2. The van der Waals surface area contributed by atoms with Crippen LogP contribution in [-0.2, 0) is 32.5 Å². The van der Waals surface area contributed by atoms with Gasteiger partial charge in [-0.3, -0.25) is 29.1 Å². The van der Waals surface area contributed by atoms with Crippen molar-refractivity contribution in [3.8, 4) is 0 Å². The number of amides is 3. The third-order valence-corrected chi connectivity index (χ3v) is 15.2. The number of hydrogen-bond donors (Lipinski definition) is 2. The minimum absolute atomic E-state index is 0.00994. The Bertz CT molecular complexity index is 2580. The Morgan fingerprint density at radius 1 is 1.06 bits per heavy atom. The van der Waals surface area contributed by atoms with E-state index in [1.54, 1.807) is 17.1 Å². The second-order valence-electron chi connectivity index (χ2n) is 19.2. The zero-order valence-corrected chi connectivity index (χ0v) is 36.1. The number of para-hydroxylation sites is 1.